The molecule has 1 amide bonds. The Morgan fingerprint density at radius 2 is 2.00 bits per heavy atom. The number of rotatable bonds is 2. The van der Waals surface area contributed by atoms with Crippen LogP contribution < -0.4 is 5.73 Å². The first-order valence-electron chi connectivity index (χ1n) is 7.34. The Balaban J connectivity index is 2.20. The van der Waals surface area contributed by atoms with Gasteiger partial charge >= 0.3 is 0 Å². The Kier molecular flexibility index (Phi) is 4.99. The van der Waals surface area contributed by atoms with Crippen molar-refractivity contribution < 1.29 is 9.53 Å². The Morgan fingerprint density at radius 1 is 1.35 bits per heavy atom. The fourth-order valence-electron chi connectivity index (χ4n) is 3.23. The molecule has 0 aromatic rings. The van der Waals surface area contributed by atoms with Gasteiger partial charge in [0, 0.05) is 32.3 Å². The molecule has 0 spiro atoms. The van der Waals surface area contributed by atoms with E-state index in [0.717, 1.165) is 26.1 Å². The molecule has 2 rings (SSSR count). The van der Waals surface area contributed by atoms with Crippen LogP contribution in [0.5, 0.6) is 0 Å². The number of amides is 1. The number of hydrogen-bond acceptors (Lipinski definition) is 4. The second kappa shape index (κ2) is 6.37. The average Bonchev–Trinajstić information content (AvgIpc) is 2.59. The van der Waals surface area contributed by atoms with Crippen LogP contribution >= 0.6 is 12.2 Å². The second-order valence-corrected chi connectivity index (χ2v) is 6.46. The quantitative estimate of drug-likeness (QED) is 0.758. The second-order valence-electron chi connectivity index (χ2n) is 6.02. The molecule has 0 radical (unpaired) electrons. The van der Waals surface area contributed by atoms with Crippen molar-refractivity contribution in [3.05, 3.63) is 0 Å². The molecule has 2 fully saturated rings. The molecule has 5 nitrogen and oxygen atoms in total. The van der Waals surface area contributed by atoms with Gasteiger partial charge in [0.15, 0.2) is 0 Å². The Morgan fingerprint density at radius 3 is 2.60 bits per heavy atom. The van der Waals surface area contributed by atoms with Crippen LogP contribution in [0.1, 0.15) is 26.2 Å². The number of carbonyl (C=O) groups excluding carboxylic acids is 1. The molecular weight excluding hydrogens is 274 g/mol. The third-order valence-electron chi connectivity index (χ3n) is 4.54. The van der Waals surface area contributed by atoms with Crippen LogP contribution in [-0.2, 0) is 9.53 Å². The number of nitrogens with zero attached hydrogens (tertiary/aromatic N) is 2. The number of nitrogens with two attached hydrogens (primary N) is 1. The van der Waals surface area contributed by atoms with Crippen molar-refractivity contribution >= 4 is 23.1 Å². The van der Waals surface area contributed by atoms with Crippen molar-refractivity contribution in [1.82, 2.24) is 9.80 Å². The number of ether oxygens (including phenoxy) is 1. The SMILES string of the molecule is CC1CN(C)CCCN1C(=O)C1(C(N)=S)CCOCC1. The van der Waals surface area contributed by atoms with E-state index in [-0.39, 0.29) is 11.9 Å². The van der Waals surface area contributed by atoms with E-state index >= 15 is 0 Å². The summed E-state index contributed by atoms with van der Waals surface area (Å²) in [6.07, 6.45) is 2.22. The first kappa shape index (κ1) is 15.7. The fourth-order valence-corrected chi connectivity index (χ4v) is 3.53. The van der Waals surface area contributed by atoms with Crippen molar-refractivity contribution in [3.8, 4) is 0 Å². The molecular formula is C14H25N3O2S. The first-order chi connectivity index (χ1) is 9.47. The maximum atomic E-state index is 13.1. The molecule has 1 unspecified atom stereocenters. The molecule has 0 aromatic carbocycles. The van der Waals surface area contributed by atoms with E-state index in [1.165, 1.54) is 0 Å². The summed E-state index contributed by atoms with van der Waals surface area (Å²) in [5.74, 6) is 0.108. The van der Waals surface area contributed by atoms with Gasteiger partial charge in [-0.1, -0.05) is 12.2 Å². The van der Waals surface area contributed by atoms with E-state index in [1.807, 2.05) is 4.90 Å². The average molecular weight is 299 g/mol. The van der Waals surface area contributed by atoms with Gasteiger partial charge in [-0.15, -0.1) is 0 Å². The largest absolute Gasteiger partial charge is 0.392 e. The standard InChI is InChI=1S/C14H25N3O2S/c1-11-10-16(2)6-3-7-17(11)13(18)14(12(15)20)4-8-19-9-5-14/h11H,3-10H2,1-2H3,(H2,15,20). The number of hydrogen-bond donors (Lipinski definition) is 1. The lowest BCUT2D eigenvalue weighted by Gasteiger charge is -2.40. The van der Waals surface area contributed by atoms with E-state index in [2.05, 4.69) is 18.9 Å². The number of carbonyl (C=O) groups is 1. The lowest BCUT2D eigenvalue weighted by atomic mass is 9.78. The zero-order valence-electron chi connectivity index (χ0n) is 12.4. The molecule has 2 N–H and O–H groups in total. The molecule has 2 saturated heterocycles. The van der Waals surface area contributed by atoms with Gasteiger partial charge in [-0.2, -0.15) is 0 Å². The zero-order chi connectivity index (χ0) is 14.8. The van der Waals surface area contributed by atoms with Crippen LogP contribution in [0, 0.1) is 5.41 Å². The highest BCUT2D eigenvalue weighted by Crippen LogP contribution is 2.34. The molecule has 114 valence electrons. The van der Waals surface area contributed by atoms with Gasteiger partial charge in [-0.25, -0.2) is 0 Å². The minimum absolute atomic E-state index is 0.108. The van der Waals surface area contributed by atoms with Crippen molar-refractivity contribution in [1.29, 1.82) is 0 Å². The van der Waals surface area contributed by atoms with Crippen LogP contribution in [0.15, 0.2) is 0 Å². The van der Waals surface area contributed by atoms with Crippen LogP contribution in [0.2, 0.25) is 0 Å². The predicted molar refractivity (Wildman–Crippen MR) is 82.6 cm³/mol. The van der Waals surface area contributed by atoms with E-state index < -0.39 is 5.41 Å². The normalized spacial score (nSPS) is 27.9. The van der Waals surface area contributed by atoms with Crippen LogP contribution in [0.4, 0.5) is 0 Å². The van der Waals surface area contributed by atoms with Crippen molar-refractivity contribution in [2.75, 3.05) is 39.9 Å². The van der Waals surface area contributed by atoms with Gasteiger partial charge in [0.1, 0.15) is 5.41 Å². The molecule has 0 bridgehead atoms. The molecule has 0 aromatic heterocycles. The highest BCUT2D eigenvalue weighted by molar-refractivity contribution is 7.80. The van der Waals surface area contributed by atoms with Crippen molar-refractivity contribution in [2.24, 2.45) is 11.1 Å². The summed E-state index contributed by atoms with van der Waals surface area (Å²) < 4.78 is 5.39. The molecule has 6 heteroatoms. The fraction of sp³-hybridized carbons (Fsp3) is 0.857. The van der Waals surface area contributed by atoms with Crippen molar-refractivity contribution in [2.45, 2.75) is 32.2 Å². The number of likely N-dealkylation sites (N-methyl/N-ethyl adjacent to an activating group) is 1. The summed E-state index contributed by atoms with van der Waals surface area (Å²) in [6.45, 7) is 5.94. The predicted octanol–water partition coefficient (Wildman–Crippen LogP) is 0.622. The maximum Gasteiger partial charge on any atom is 0.236 e. The molecule has 2 aliphatic rings. The summed E-state index contributed by atoms with van der Waals surface area (Å²) in [6, 6.07) is 0.198. The topological polar surface area (TPSA) is 58.8 Å². The van der Waals surface area contributed by atoms with Crippen LogP contribution in [-0.4, -0.2) is 66.6 Å². The van der Waals surface area contributed by atoms with Crippen LogP contribution in [0.3, 0.4) is 0 Å². The van der Waals surface area contributed by atoms with Gasteiger partial charge in [-0.05, 0) is 39.8 Å². The lowest BCUT2D eigenvalue weighted by molar-refractivity contribution is -0.144. The van der Waals surface area contributed by atoms with Gasteiger partial charge in [0.2, 0.25) is 5.91 Å². The third-order valence-corrected chi connectivity index (χ3v) is 4.93. The minimum atomic E-state index is -0.690. The monoisotopic (exact) mass is 299 g/mol. The van der Waals surface area contributed by atoms with E-state index in [4.69, 9.17) is 22.7 Å². The highest BCUT2D eigenvalue weighted by Gasteiger charge is 2.46. The van der Waals surface area contributed by atoms with E-state index in [0.29, 0.717) is 31.0 Å². The smallest absolute Gasteiger partial charge is 0.236 e. The van der Waals surface area contributed by atoms with Gasteiger partial charge in [-0.3, -0.25) is 4.79 Å². The summed E-state index contributed by atoms with van der Waals surface area (Å²) >= 11 is 5.23. The summed E-state index contributed by atoms with van der Waals surface area (Å²) in [4.78, 5) is 17.7. The van der Waals surface area contributed by atoms with Crippen molar-refractivity contribution in [3.63, 3.8) is 0 Å². The zero-order valence-corrected chi connectivity index (χ0v) is 13.2. The molecule has 0 saturated carbocycles. The van der Waals surface area contributed by atoms with Gasteiger partial charge in [0.05, 0.1) is 4.99 Å². The molecule has 2 aliphatic heterocycles. The Hall–Kier alpha value is -0.720. The molecule has 0 aliphatic carbocycles. The van der Waals surface area contributed by atoms with E-state index in [1.54, 1.807) is 0 Å². The number of thiocarbonyl (C=S) groups is 1. The minimum Gasteiger partial charge on any atom is -0.392 e. The third kappa shape index (κ3) is 2.97. The molecule has 20 heavy (non-hydrogen) atoms. The van der Waals surface area contributed by atoms with Gasteiger partial charge < -0.3 is 20.3 Å². The lowest BCUT2D eigenvalue weighted by Crippen LogP contribution is -2.56. The van der Waals surface area contributed by atoms with Crippen LogP contribution in [0.25, 0.3) is 0 Å². The van der Waals surface area contributed by atoms with Gasteiger partial charge in [0.25, 0.3) is 0 Å². The first-order valence-corrected chi connectivity index (χ1v) is 7.75. The Bertz CT molecular complexity index is 383. The summed E-state index contributed by atoms with van der Waals surface area (Å²) in [7, 11) is 2.10. The summed E-state index contributed by atoms with van der Waals surface area (Å²) in [5.41, 5.74) is 5.25. The maximum absolute atomic E-state index is 13.1. The van der Waals surface area contributed by atoms with E-state index in [9.17, 15) is 4.79 Å². The highest BCUT2D eigenvalue weighted by atomic mass is 32.1. The molecule has 2 heterocycles. The Labute approximate surface area is 126 Å². The molecule has 1 atom stereocenters. The summed E-state index contributed by atoms with van der Waals surface area (Å²) in [5, 5.41) is 0.